The number of hydrogen-bond donors (Lipinski definition) is 2. The average Bonchev–Trinajstić information content (AvgIpc) is 2.41. The maximum Gasteiger partial charge on any atom is 0.322 e. The number of esters is 1. The molecule has 0 saturated heterocycles. The van der Waals surface area contributed by atoms with Crippen LogP contribution < -0.4 is 10.6 Å². The Kier molecular flexibility index (Phi) is 6.52. The number of carbonyl (C=O) groups excluding carboxylic acids is 2. The summed E-state index contributed by atoms with van der Waals surface area (Å²) in [5.41, 5.74) is 0.709. The van der Waals surface area contributed by atoms with Gasteiger partial charge in [-0.2, -0.15) is 0 Å². The zero-order valence-electron chi connectivity index (χ0n) is 10.9. The van der Waals surface area contributed by atoms with E-state index in [0.717, 1.165) is 4.47 Å². The number of hydrogen-bond acceptors (Lipinski definition) is 4. The minimum atomic E-state index is -0.458. The van der Waals surface area contributed by atoms with Crippen LogP contribution in [0.25, 0.3) is 0 Å². The van der Waals surface area contributed by atoms with E-state index in [0.29, 0.717) is 12.1 Å². The van der Waals surface area contributed by atoms with E-state index in [1.54, 1.807) is 12.1 Å². The Labute approximate surface area is 120 Å². The van der Waals surface area contributed by atoms with Gasteiger partial charge in [0.2, 0.25) is 5.91 Å². The molecule has 1 aromatic carbocycles. The van der Waals surface area contributed by atoms with Gasteiger partial charge < -0.3 is 10.1 Å². The van der Waals surface area contributed by atoms with Crippen LogP contribution in [-0.2, 0) is 14.3 Å². The number of amides is 1. The normalized spacial score (nSPS) is 11.7. The van der Waals surface area contributed by atoms with Crippen LogP contribution in [0, 0.1) is 0 Å². The lowest BCUT2D eigenvalue weighted by molar-refractivity contribution is -0.143. The second kappa shape index (κ2) is 7.91. The number of halogens is 1. The predicted molar refractivity (Wildman–Crippen MR) is 76.9 cm³/mol. The lowest BCUT2D eigenvalue weighted by Crippen LogP contribution is -2.41. The fraction of sp³-hybridized carbons (Fsp3) is 0.385. The first-order valence-electron chi connectivity index (χ1n) is 5.93. The first-order chi connectivity index (χ1) is 9.06. The van der Waals surface area contributed by atoms with Crippen LogP contribution >= 0.6 is 15.9 Å². The predicted octanol–water partition coefficient (Wildman–Crippen LogP) is 1.93. The summed E-state index contributed by atoms with van der Waals surface area (Å²) >= 11 is 3.32. The van der Waals surface area contributed by atoms with E-state index in [-0.39, 0.29) is 18.4 Å². The van der Waals surface area contributed by atoms with Crippen molar-refractivity contribution in [1.29, 1.82) is 0 Å². The molecular formula is C13H17BrN2O3. The molecule has 104 valence electrons. The molecule has 6 heteroatoms. The van der Waals surface area contributed by atoms with Crippen molar-refractivity contribution in [1.82, 2.24) is 5.32 Å². The van der Waals surface area contributed by atoms with Crippen molar-refractivity contribution in [3.05, 3.63) is 28.7 Å². The third-order valence-corrected chi connectivity index (χ3v) is 3.06. The van der Waals surface area contributed by atoms with Crippen LogP contribution in [0.4, 0.5) is 5.69 Å². The Hall–Kier alpha value is -1.40. The summed E-state index contributed by atoms with van der Waals surface area (Å²) in [4.78, 5) is 23.0. The molecule has 0 aliphatic heterocycles. The lowest BCUT2D eigenvalue weighted by atomic mass is 10.2. The van der Waals surface area contributed by atoms with Crippen molar-refractivity contribution in [3.63, 3.8) is 0 Å². The van der Waals surface area contributed by atoms with Gasteiger partial charge in [0.25, 0.3) is 0 Å². The van der Waals surface area contributed by atoms with E-state index in [9.17, 15) is 9.59 Å². The highest BCUT2D eigenvalue weighted by atomic mass is 79.9. The molecule has 1 atom stereocenters. The van der Waals surface area contributed by atoms with Gasteiger partial charge in [-0.3, -0.25) is 14.9 Å². The van der Waals surface area contributed by atoms with Gasteiger partial charge in [-0.05, 0) is 30.7 Å². The van der Waals surface area contributed by atoms with Crippen LogP contribution in [-0.4, -0.2) is 31.6 Å². The summed E-state index contributed by atoms with van der Waals surface area (Å²) in [6, 6.07) is 6.80. The number of nitrogens with one attached hydrogen (secondary N) is 2. The van der Waals surface area contributed by atoms with Crippen LogP contribution in [0.15, 0.2) is 28.7 Å². The first kappa shape index (κ1) is 15.7. The summed E-state index contributed by atoms with van der Waals surface area (Å²) in [5.74, 6) is -0.566. The summed E-state index contributed by atoms with van der Waals surface area (Å²) in [6.45, 7) is 1.91. The van der Waals surface area contributed by atoms with E-state index in [1.165, 1.54) is 7.11 Å². The van der Waals surface area contributed by atoms with Crippen molar-refractivity contribution in [3.8, 4) is 0 Å². The molecule has 0 aliphatic rings. The molecule has 0 bridgehead atoms. The number of carbonyl (C=O) groups is 2. The summed E-state index contributed by atoms with van der Waals surface area (Å²) < 4.78 is 5.57. The third-order valence-electron chi connectivity index (χ3n) is 2.53. The number of methoxy groups -OCH3 is 1. The van der Waals surface area contributed by atoms with E-state index in [2.05, 4.69) is 31.3 Å². The quantitative estimate of drug-likeness (QED) is 0.783. The van der Waals surface area contributed by atoms with Gasteiger partial charge in [0, 0.05) is 10.2 Å². The standard InChI is InChI=1S/C13H17BrN2O3/c1-3-11(13(18)19-2)15-8-12(17)16-10-6-4-9(14)5-7-10/h4-7,11,15H,3,8H2,1-2H3,(H,16,17). The Bertz CT molecular complexity index is 434. The molecule has 19 heavy (non-hydrogen) atoms. The number of ether oxygens (including phenoxy) is 1. The molecule has 0 heterocycles. The molecule has 0 spiro atoms. The summed E-state index contributed by atoms with van der Waals surface area (Å²) in [6.07, 6.45) is 0.568. The fourth-order valence-corrected chi connectivity index (χ4v) is 1.76. The smallest absolute Gasteiger partial charge is 0.322 e. The van der Waals surface area contributed by atoms with Crippen molar-refractivity contribution in [2.75, 3.05) is 19.0 Å². The second-order valence-corrected chi connectivity index (χ2v) is 4.84. The minimum Gasteiger partial charge on any atom is -0.468 e. The lowest BCUT2D eigenvalue weighted by Gasteiger charge is -2.14. The second-order valence-electron chi connectivity index (χ2n) is 3.92. The Morgan fingerprint density at radius 2 is 1.95 bits per heavy atom. The zero-order valence-corrected chi connectivity index (χ0v) is 12.5. The van der Waals surface area contributed by atoms with Gasteiger partial charge in [0.05, 0.1) is 13.7 Å². The molecule has 1 aromatic rings. The SMILES string of the molecule is CCC(NCC(=O)Nc1ccc(Br)cc1)C(=O)OC. The first-order valence-corrected chi connectivity index (χ1v) is 6.72. The van der Waals surface area contributed by atoms with Crippen LogP contribution in [0.5, 0.6) is 0 Å². The molecule has 0 radical (unpaired) electrons. The molecule has 0 saturated carbocycles. The van der Waals surface area contributed by atoms with Crippen molar-refractivity contribution >= 4 is 33.5 Å². The van der Waals surface area contributed by atoms with Gasteiger partial charge in [-0.25, -0.2) is 0 Å². The number of rotatable bonds is 6. The van der Waals surface area contributed by atoms with Crippen molar-refractivity contribution in [2.45, 2.75) is 19.4 Å². The highest BCUT2D eigenvalue weighted by Gasteiger charge is 2.17. The van der Waals surface area contributed by atoms with Crippen LogP contribution in [0.1, 0.15) is 13.3 Å². The molecule has 1 amide bonds. The van der Waals surface area contributed by atoms with Crippen molar-refractivity contribution < 1.29 is 14.3 Å². The molecule has 5 nitrogen and oxygen atoms in total. The minimum absolute atomic E-state index is 0.0592. The van der Waals surface area contributed by atoms with E-state index >= 15 is 0 Å². The molecule has 0 aliphatic carbocycles. The monoisotopic (exact) mass is 328 g/mol. The average molecular weight is 329 g/mol. The molecule has 2 N–H and O–H groups in total. The van der Waals surface area contributed by atoms with Crippen molar-refractivity contribution in [2.24, 2.45) is 0 Å². The summed E-state index contributed by atoms with van der Waals surface area (Å²) in [7, 11) is 1.33. The molecule has 0 aromatic heterocycles. The number of anilines is 1. The van der Waals surface area contributed by atoms with Gasteiger partial charge in [-0.15, -0.1) is 0 Å². The Morgan fingerprint density at radius 1 is 1.32 bits per heavy atom. The van der Waals surface area contributed by atoms with E-state index in [4.69, 9.17) is 0 Å². The third kappa shape index (κ3) is 5.40. The number of benzene rings is 1. The van der Waals surface area contributed by atoms with E-state index < -0.39 is 6.04 Å². The Morgan fingerprint density at radius 3 is 2.47 bits per heavy atom. The van der Waals surface area contributed by atoms with Gasteiger partial charge in [0.15, 0.2) is 0 Å². The fourth-order valence-electron chi connectivity index (χ4n) is 1.49. The molecule has 1 rings (SSSR count). The van der Waals surface area contributed by atoms with Gasteiger partial charge in [0.1, 0.15) is 6.04 Å². The maximum atomic E-state index is 11.7. The largest absolute Gasteiger partial charge is 0.468 e. The topological polar surface area (TPSA) is 67.4 Å². The van der Waals surface area contributed by atoms with Gasteiger partial charge >= 0.3 is 5.97 Å². The zero-order chi connectivity index (χ0) is 14.3. The summed E-state index contributed by atoms with van der Waals surface area (Å²) in [5, 5.41) is 5.59. The van der Waals surface area contributed by atoms with Crippen LogP contribution in [0.2, 0.25) is 0 Å². The van der Waals surface area contributed by atoms with E-state index in [1.807, 2.05) is 19.1 Å². The molecule has 0 fully saturated rings. The highest BCUT2D eigenvalue weighted by Crippen LogP contribution is 2.13. The van der Waals surface area contributed by atoms with Crippen LogP contribution in [0.3, 0.4) is 0 Å². The molecule has 1 unspecified atom stereocenters. The molecular weight excluding hydrogens is 312 g/mol. The Balaban J connectivity index is 2.43. The maximum absolute atomic E-state index is 11.7. The highest BCUT2D eigenvalue weighted by molar-refractivity contribution is 9.10. The van der Waals surface area contributed by atoms with Gasteiger partial charge in [-0.1, -0.05) is 22.9 Å².